The first-order valence-corrected chi connectivity index (χ1v) is 5.93. The number of hydrogen-bond acceptors (Lipinski definition) is 6. The minimum Gasteiger partial charge on any atom is -0.300 e. The molecule has 0 aliphatic carbocycles. The molecule has 8 heteroatoms. The highest BCUT2D eigenvalue weighted by Crippen LogP contribution is 2.20. The molecule has 92 valence electrons. The zero-order valence-electron chi connectivity index (χ0n) is 9.84. The molecule has 1 amide bonds. The van der Waals surface area contributed by atoms with Crippen molar-refractivity contribution in [2.75, 3.05) is 5.32 Å². The third-order valence-corrected chi connectivity index (χ3v) is 3.21. The van der Waals surface area contributed by atoms with Gasteiger partial charge >= 0.3 is 0 Å². The van der Waals surface area contributed by atoms with Gasteiger partial charge < -0.3 is 5.32 Å². The van der Waals surface area contributed by atoms with Crippen LogP contribution < -0.4 is 5.32 Å². The van der Waals surface area contributed by atoms with Crippen LogP contribution in [0, 0.1) is 25.2 Å². The largest absolute Gasteiger partial charge is 0.300 e. The van der Waals surface area contributed by atoms with Crippen LogP contribution in [0.3, 0.4) is 0 Å². The zero-order chi connectivity index (χ0) is 13.1. The molecule has 0 spiro atoms. The second-order valence-electron chi connectivity index (χ2n) is 3.59. The van der Waals surface area contributed by atoms with Crippen LogP contribution in [0.2, 0.25) is 0 Å². The Bertz CT molecular complexity index is 603. The smallest absolute Gasteiger partial charge is 0.252 e. The highest BCUT2D eigenvalue weighted by molar-refractivity contribution is 7.15. The van der Waals surface area contributed by atoms with Gasteiger partial charge in [0.05, 0.1) is 5.69 Å². The number of carbonyl (C=O) groups excluding carboxylic acids is 1. The second kappa shape index (κ2) is 4.93. The van der Waals surface area contributed by atoms with E-state index in [1.165, 1.54) is 22.3 Å². The van der Waals surface area contributed by atoms with Gasteiger partial charge in [-0.25, -0.2) is 14.6 Å². The highest BCUT2D eigenvalue weighted by Gasteiger charge is 2.09. The lowest BCUT2D eigenvalue weighted by molar-refractivity contribution is -0.116. The van der Waals surface area contributed by atoms with Crippen molar-refractivity contribution in [2.45, 2.75) is 20.4 Å². The second-order valence-corrected chi connectivity index (χ2v) is 4.79. The molecule has 0 saturated heterocycles. The van der Waals surface area contributed by atoms with Gasteiger partial charge in [-0.05, 0) is 13.8 Å². The topological polar surface area (TPSA) is 96.5 Å². The number of nitriles is 1. The van der Waals surface area contributed by atoms with Gasteiger partial charge in [0.25, 0.3) is 5.82 Å². The normalized spacial score (nSPS) is 10.1. The number of carbonyl (C=O) groups is 1. The first-order valence-electron chi connectivity index (χ1n) is 5.12. The molecule has 0 unspecified atom stereocenters. The molecule has 0 aromatic carbocycles. The van der Waals surface area contributed by atoms with E-state index in [1.54, 1.807) is 6.07 Å². The number of aromatic nitrogens is 4. The summed E-state index contributed by atoms with van der Waals surface area (Å²) in [6, 6.07) is 1.80. The predicted octanol–water partition coefficient (Wildman–Crippen LogP) is 0.862. The molecule has 2 aromatic rings. The molecule has 0 atom stereocenters. The quantitative estimate of drug-likeness (QED) is 0.885. The number of rotatable bonds is 3. The van der Waals surface area contributed by atoms with E-state index in [-0.39, 0.29) is 18.3 Å². The van der Waals surface area contributed by atoms with Gasteiger partial charge in [-0.3, -0.25) is 4.79 Å². The van der Waals surface area contributed by atoms with Gasteiger partial charge in [0, 0.05) is 4.88 Å². The van der Waals surface area contributed by atoms with Crippen LogP contribution in [-0.4, -0.2) is 25.7 Å². The lowest BCUT2D eigenvalue weighted by atomic mass is 10.4. The van der Waals surface area contributed by atoms with Gasteiger partial charge in [-0.15, -0.1) is 16.4 Å². The molecule has 0 bridgehead atoms. The molecule has 0 saturated carbocycles. The van der Waals surface area contributed by atoms with Crippen LogP contribution in [0.1, 0.15) is 16.4 Å². The van der Waals surface area contributed by atoms with Crippen molar-refractivity contribution in [3.63, 3.8) is 0 Å². The summed E-state index contributed by atoms with van der Waals surface area (Å²) < 4.78 is 1.31. The fourth-order valence-corrected chi connectivity index (χ4v) is 2.08. The molecular formula is C10H10N6OS. The van der Waals surface area contributed by atoms with Crippen LogP contribution >= 0.6 is 11.3 Å². The molecule has 0 aliphatic rings. The molecule has 18 heavy (non-hydrogen) atoms. The molecule has 2 aromatic heterocycles. The molecular weight excluding hydrogens is 252 g/mol. The monoisotopic (exact) mass is 262 g/mol. The van der Waals surface area contributed by atoms with Gasteiger partial charge in [-0.2, -0.15) is 5.26 Å². The molecule has 0 radical (unpaired) electrons. The number of anilines is 1. The molecule has 0 aliphatic heterocycles. The maximum absolute atomic E-state index is 11.7. The van der Waals surface area contributed by atoms with Gasteiger partial charge in [-0.1, -0.05) is 0 Å². The Labute approximate surface area is 107 Å². The van der Waals surface area contributed by atoms with Crippen molar-refractivity contribution in [3.8, 4) is 6.07 Å². The summed E-state index contributed by atoms with van der Waals surface area (Å²) in [5, 5.41) is 15.6. The fraction of sp³-hybridized carbons (Fsp3) is 0.300. The average Bonchev–Trinajstić information content (AvgIpc) is 2.87. The van der Waals surface area contributed by atoms with Gasteiger partial charge in [0.1, 0.15) is 18.9 Å². The van der Waals surface area contributed by atoms with E-state index in [1.807, 2.05) is 13.8 Å². The molecule has 0 fully saturated rings. The number of hydrogen-bond donors (Lipinski definition) is 1. The van der Waals surface area contributed by atoms with Crippen LogP contribution in [0.5, 0.6) is 0 Å². The van der Waals surface area contributed by atoms with E-state index in [0.717, 1.165) is 10.6 Å². The molecule has 1 N–H and O–H groups in total. The number of thiazole rings is 1. The Morgan fingerprint density at radius 3 is 2.94 bits per heavy atom. The van der Waals surface area contributed by atoms with Crippen molar-refractivity contribution in [1.82, 2.24) is 19.7 Å². The van der Waals surface area contributed by atoms with Gasteiger partial charge in [0.2, 0.25) is 5.91 Å². The summed E-state index contributed by atoms with van der Waals surface area (Å²) in [6.07, 6.45) is 1.34. The first-order chi connectivity index (χ1) is 8.58. The molecule has 2 rings (SSSR count). The van der Waals surface area contributed by atoms with Gasteiger partial charge in [0.15, 0.2) is 5.13 Å². The summed E-state index contributed by atoms with van der Waals surface area (Å²) in [4.78, 5) is 20.7. The Morgan fingerprint density at radius 1 is 1.61 bits per heavy atom. The maximum Gasteiger partial charge on any atom is 0.252 e. The third-order valence-electron chi connectivity index (χ3n) is 2.22. The predicted molar refractivity (Wildman–Crippen MR) is 65.0 cm³/mol. The van der Waals surface area contributed by atoms with E-state index in [4.69, 9.17) is 5.26 Å². The van der Waals surface area contributed by atoms with Crippen molar-refractivity contribution < 1.29 is 4.79 Å². The molecule has 7 nitrogen and oxygen atoms in total. The minimum atomic E-state index is -0.252. The van der Waals surface area contributed by atoms with Crippen LogP contribution in [0.15, 0.2) is 6.33 Å². The van der Waals surface area contributed by atoms with Crippen molar-refractivity contribution in [3.05, 3.63) is 22.7 Å². The minimum absolute atomic E-state index is 0.00630. The molecule has 2 heterocycles. The Kier molecular flexibility index (Phi) is 3.34. The summed E-state index contributed by atoms with van der Waals surface area (Å²) in [5.41, 5.74) is 0.905. The Balaban J connectivity index is 1.98. The summed E-state index contributed by atoms with van der Waals surface area (Å²) in [7, 11) is 0. The first kappa shape index (κ1) is 12.2. The third kappa shape index (κ3) is 2.70. The lowest BCUT2D eigenvalue weighted by Gasteiger charge is -2.00. The summed E-state index contributed by atoms with van der Waals surface area (Å²) >= 11 is 1.42. The van der Waals surface area contributed by atoms with Crippen LogP contribution in [-0.2, 0) is 11.3 Å². The highest BCUT2D eigenvalue weighted by atomic mass is 32.1. The standard InChI is InChI=1S/C10H10N6OS/c1-6-7(2)18-10(13-6)14-9(17)4-16-5-12-8(3-11)15-16/h5H,4H2,1-2H3,(H,13,14,17). The lowest BCUT2D eigenvalue weighted by Crippen LogP contribution is -2.19. The Morgan fingerprint density at radius 2 is 2.39 bits per heavy atom. The Hall–Kier alpha value is -2.27. The fourth-order valence-electron chi connectivity index (χ4n) is 1.25. The number of amides is 1. The van der Waals surface area contributed by atoms with E-state index < -0.39 is 0 Å². The maximum atomic E-state index is 11.7. The average molecular weight is 262 g/mol. The summed E-state index contributed by atoms with van der Waals surface area (Å²) in [6.45, 7) is 3.84. The van der Waals surface area contributed by atoms with Crippen molar-refractivity contribution in [2.24, 2.45) is 0 Å². The SMILES string of the molecule is Cc1nc(NC(=O)Cn2cnc(C#N)n2)sc1C. The number of nitrogens with zero attached hydrogens (tertiary/aromatic N) is 5. The van der Waals surface area contributed by atoms with E-state index in [9.17, 15) is 4.79 Å². The number of aryl methyl sites for hydroxylation is 2. The van der Waals surface area contributed by atoms with E-state index in [0.29, 0.717) is 5.13 Å². The van der Waals surface area contributed by atoms with E-state index in [2.05, 4.69) is 20.4 Å². The van der Waals surface area contributed by atoms with Crippen molar-refractivity contribution >= 4 is 22.4 Å². The van der Waals surface area contributed by atoms with Crippen LogP contribution in [0.25, 0.3) is 0 Å². The van der Waals surface area contributed by atoms with E-state index >= 15 is 0 Å². The van der Waals surface area contributed by atoms with Crippen LogP contribution in [0.4, 0.5) is 5.13 Å². The zero-order valence-corrected chi connectivity index (χ0v) is 10.7. The summed E-state index contributed by atoms with van der Waals surface area (Å²) in [5.74, 6) is -0.207. The van der Waals surface area contributed by atoms with Crippen molar-refractivity contribution in [1.29, 1.82) is 5.26 Å². The number of nitrogens with one attached hydrogen (secondary N) is 1.